The van der Waals surface area contributed by atoms with Crippen LogP contribution in [0.2, 0.25) is 0 Å². The molecule has 102 heavy (non-hydrogen) atoms. The number of aromatic nitrogens is 9. The van der Waals surface area contributed by atoms with Crippen molar-refractivity contribution < 1.29 is 0 Å². The average Bonchev–Trinajstić information content (AvgIpc) is 1.49. The molecular formula is C93H59N9. The minimum atomic E-state index is 0.759. The van der Waals surface area contributed by atoms with Crippen LogP contribution in [0.15, 0.2) is 340 Å². The van der Waals surface area contributed by atoms with Crippen LogP contribution in [0, 0.1) is 6.92 Å². The van der Waals surface area contributed by atoms with Crippen molar-refractivity contribution in [1.29, 1.82) is 0 Å². The smallest absolute Gasteiger partial charge is 0.139 e. The summed E-state index contributed by atoms with van der Waals surface area (Å²) in [6.07, 6.45) is 3.77. The van der Waals surface area contributed by atoms with Crippen molar-refractivity contribution in [3.8, 4) is 84.5 Å². The molecule has 9 nitrogen and oxygen atoms in total. The summed E-state index contributed by atoms with van der Waals surface area (Å²) in [4.78, 5) is 21.3. The van der Waals surface area contributed by atoms with Crippen LogP contribution in [0.3, 0.4) is 0 Å². The largest absolute Gasteiger partial charge is 0.309 e. The molecule has 0 fully saturated rings. The Morgan fingerprint density at radius 3 is 1.08 bits per heavy atom. The Bertz CT molecular complexity index is 6570. The van der Waals surface area contributed by atoms with Gasteiger partial charge in [-0.1, -0.05) is 188 Å². The van der Waals surface area contributed by atoms with Crippen molar-refractivity contribution in [1.82, 2.24) is 42.8 Å². The van der Waals surface area contributed by atoms with Crippen molar-refractivity contribution >= 4 is 109 Å². The van der Waals surface area contributed by atoms with Crippen LogP contribution in [0.25, 0.3) is 194 Å². The van der Waals surface area contributed by atoms with Gasteiger partial charge in [0.15, 0.2) is 0 Å². The van der Waals surface area contributed by atoms with E-state index in [-0.39, 0.29) is 0 Å². The van der Waals surface area contributed by atoms with Gasteiger partial charge in [-0.05, 0) is 174 Å². The molecule has 0 atom stereocenters. The lowest BCUT2D eigenvalue weighted by Crippen LogP contribution is -2.07. The summed E-state index contributed by atoms with van der Waals surface area (Å²) in [7, 11) is 0. The fourth-order valence-corrected chi connectivity index (χ4v) is 16.4. The molecule has 0 bridgehead atoms. The minimum Gasteiger partial charge on any atom is -0.309 e. The third-order valence-corrected chi connectivity index (χ3v) is 20.9. The van der Waals surface area contributed by atoms with E-state index in [0.717, 1.165) is 156 Å². The molecule has 0 amide bonds. The number of hydrogen-bond donors (Lipinski definition) is 0. The van der Waals surface area contributed by atoms with Gasteiger partial charge in [-0.25, -0.2) is 4.98 Å². The first-order chi connectivity index (χ1) is 50.5. The Hall–Kier alpha value is -13.8. The second-order valence-corrected chi connectivity index (χ2v) is 26.6. The van der Waals surface area contributed by atoms with Crippen LogP contribution < -0.4 is 0 Å². The van der Waals surface area contributed by atoms with Crippen molar-refractivity contribution in [2.45, 2.75) is 6.92 Å². The van der Waals surface area contributed by atoms with Gasteiger partial charge in [0.05, 0.1) is 83.3 Å². The standard InChI is InChI=1S/C93H59N9/c1-58-19-16-28-78(96-58)68-21-3-2-20-67(68)77-57-89(101-83-33-14-8-26-73(83)91-87(101)35-17-53-94-91)97-90(93(77)102-84-34-15-9-27-74(84)92-88(102)36-18-54-95-92)61-41-49-66(50-42-61)100-85-51-43-62(59-37-45-64(46-38-59)98-79-29-10-4-22-69(79)70-23-5-11-30-80(70)98)55-75(85)76-56-63(44-52-86(76)100)60-39-47-65(48-40-60)99-81-31-12-6-24-71(81)72-25-7-13-32-82(72)99/h2-57H,1H3. The topological polar surface area (TPSA) is 76.2 Å². The maximum Gasteiger partial charge on any atom is 0.139 e. The van der Waals surface area contributed by atoms with E-state index in [0.29, 0.717) is 0 Å². The van der Waals surface area contributed by atoms with E-state index in [1.807, 2.05) is 24.5 Å². The summed E-state index contributed by atoms with van der Waals surface area (Å²) in [6.45, 7) is 2.06. The highest BCUT2D eigenvalue weighted by Crippen LogP contribution is 2.47. The summed E-state index contributed by atoms with van der Waals surface area (Å²) in [5.41, 5.74) is 28.1. The Balaban J connectivity index is 0.769. The Kier molecular flexibility index (Phi) is 12.7. The molecule has 21 aromatic rings. The van der Waals surface area contributed by atoms with Crippen LogP contribution >= 0.6 is 0 Å². The van der Waals surface area contributed by atoms with Crippen molar-refractivity contribution in [2.75, 3.05) is 0 Å². The van der Waals surface area contributed by atoms with Crippen LogP contribution in [0.5, 0.6) is 0 Å². The lowest BCUT2D eigenvalue weighted by molar-refractivity contribution is 1.06. The van der Waals surface area contributed by atoms with E-state index in [4.69, 9.17) is 19.9 Å². The van der Waals surface area contributed by atoms with E-state index in [2.05, 4.69) is 345 Å². The van der Waals surface area contributed by atoms with E-state index >= 15 is 0 Å². The van der Waals surface area contributed by atoms with Crippen molar-refractivity contribution in [2.24, 2.45) is 0 Å². The molecule has 0 aliphatic rings. The monoisotopic (exact) mass is 1300 g/mol. The first-order valence-corrected chi connectivity index (χ1v) is 34.7. The Morgan fingerprint density at radius 1 is 0.235 bits per heavy atom. The number of aryl methyl sites for hydroxylation is 1. The highest BCUT2D eigenvalue weighted by Gasteiger charge is 2.27. The molecule has 21 rings (SSSR count). The normalized spacial score (nSPS) is 12.0. The van der Waals surface area contributed by atoms with Gasteiger partial charge in [-0.15, -0.1) is 0 Å². The first kappa shape index (κ1) is 57.3. The highest BCUT2D eigenvalue weighted by atomic mass is 15.1. The van der Waals surface area contributed by atoms with E-state index < -0.39 is 0 Å². The van der Waals surface area contributed by atoms with Gasteiger partial charge in [0.2, 0.25) is 0 Å². The van der Waals surface area contributed by atoms with Crippen LogP contribution in [-0.2, 0) is 0 Å². The first-order valence-electron chi connectivity index (χ1n) is 34.7. The van der Waals surface area contributed by atoms with Crippen molar-refractivity contribution in [3.05, 3.63) is 346 Å². The molecule has 0 aliphatic carbocycles. The van der Waals surface area contributed by atoms with Gasteiger partial charge in [-0.2, -0.15) is 0 Å². The molecule has 476 valence electrons. The highest BCUT2D eigenvalue weighted by molar-refractivity contribution is 6.14. The third kappa shape index (κ3) is 8.77. The number of fused-ring (bicyclic) bond motifs is 15. The molecule has 9 heteroatoms. The zero-order valence-corrected chi connectivity index (χ0v) is 55.4. The molecule has 0 saturated carbocycles. The molecule has 0 spiro atoms. The molecule has 9 heterocycles. The summed E-state index contributed by atoms with van der Waals surface area (Å²) in [5, 5.41) is 9.41. The van der Waals surface area contributed by atoms with Gasteiger partial charge in [0, 0.05) is 94.9 Å². The molecule has 12 aromatic carbocycles. The summed E-state index contributed by atoms with van der Waals surface area (Å²) in [5.74, 6) is 0.759. The van der Waals surface area contributed by atoms with Gasteiger partial charge in [-0.3, -0.25) is 19.5 Å². The lowest BCUT2D eigenvalue weighted by Gasteiger charge is -2.22. The maximum absolute atomic E-state index is 5.99. The van der Waals surface area contributed by atoms with Crippen molar-refractivity contribution in [3.63, 3.8) is 0 Å². The summed E-state index contributed by atoms with van der Waals surface area (Å²) in [6, 6.07) is 119. The number of rotatable bonds is 10. The van der Waals surface area contributed by atoms with Gasteiger partial charge in [0.1, 0.15) is 5.82 Å². The minimum absolute atomic E-state index is 0.759. The Labute approximate surface area is 585 Å². The fraction of sp³-hybridized carbons (Fsp3) is 0.0108. The zero-order valence-electron chi connectivity index (χ0n) is 55.4. The quantitative estimate of drug-likeness (QED) is 0.137. The van der Waals surface area contributed by atoms with Crippen LogP contribution in [0.1, 0.15) is 5.69 Å². The molecule has 9 aromatic heterocycles. The number of hydrogen-bond acceptors (Lipinski definition) is 4. The van der Waals surface area contributed by atoms with Crippen LogP contribution in [-0.4, -0.2) is 42.8 Å². The third-order valence-electron chi connectivity index (χ3n) is 20.9. The van der Waals surface area contributed by atoms with E-state index in [1.165, 1.54) is 43.6 Å². The van der Waals surface area contributed by atoms with Gasteiger partial charge in [0.25, 0.3) is 0 Å². The van der Waals surface area contributed by atoms with Gasteiger partial charge >= 0.3 is 0 Å². The average molecular weight is 1300 g/mol. The summed E-state index contributed by atoms with van der Waals surface area (Å²) < 4.78 is 11.9. The van der Waals surface area contributed by atoms with Crippen LogP contribution in [0.4, 0.5) is 0 Å². The van der Waals surface area contributed by atoms with E-state index in [1.54, 1.807) is 0 Å². The predicted octanol–water partition coefficient (Wildman–Crippen LogP) is 23.4. The summed E-state index contributed by atoms with van der Waals surface area (Å²) >= 11 is 0. The molecule has 0 radical (unpaired) electrons. The zero-order chi connectivity index (χ0) is 67.1. The molecule has 0 unspecified atom stereocenters. The number of para-hydroxylation sites is 6. The maximum atomic E-state index is 5.99. The fourth-order valence-electron chi connectivity index (χ4n) is 16.4. The second kappa shape index (κ2) is 22.7. The number of pyridine rings is 4. The Morgan fingerprint density at radius 2 is 0.608 bits per heavy atom. The van der Waals surface area contributed by atoms with Gasteiger partial charge < -0.3 is 18.3 Å². The second-order valence-electron chi connectivity index (χ2n) is 26.6. The number of nitrogens with zero attached hydrogens (tertiary/aromatic N) is 9. The lowest BCUT2D eigenvalue weighted by atomic mass is 9.93. The molecule has 0 N–H and O–H groups in total. The number of benzene rings is 12. The molecular weight excluding hydrogens is 1240 g/mol. The predicted molar refractivity (Wildman–Crippen MR) is 421 cm³/mol. The van der Waals surface area contributed by atoms with E-state index in [9.17, 15) is 0 Å². The SMILES string of the molecule is Cc1cccc(-c2ccccc2-c2cc(-n3c4ccccc4c4ncccc43)nc(-c3ccc(-n4c5ccc(-c6ccc(-n7c8ccccc8c8ccccc87)cc6)cc5c5cc(-c6ccc(-n7c8ccccc8c8ccccc87)cc6)ccc54)cc3)c2-n2c3ccccc3c3ncccc32)n1. The molecule has 0 saturated heterocycles. The molecule has 0 aliphatic heterocycles.